The number of aromatic nitrogens is 2. The molecule has 0 N–H and O–H groups in total. The minimum Gasteiger partial charge on any atom is -0.454 e. The molecule has 2 heterocycles. The van der Waals surface area contributed by atoms with Gasteiger partial charge in [0.1, 0.15) is 5.69 Å². The third-order valence-corrected chi connectivity index (χ3v) is 3.12. The molecule has 0 radical (unpaired) electrons. The molecule has 0 aliphatic carbocycles. The summed E-state index contributed by atoms with van der Waals surface area (Å²) in [5, 5.41) is 3.97. The molecule has 0 atom stereocenters. The number of ether oxygens (including phenoxy) is 1. The van der Waals surface area contributed by atoms with Crippen LogP contribution in [0.25, 0.3) is 11.3 Å². The van der Waals surface area contributed by atoms with E-state index in [1.165, 1.54) is 6.20 Å². The van der Waals surface area contributed by atoms with Crippen molar-refractivity contribution in [1.29, 1.82) is 0 Å². The molecule has 0 saturated carbocycles. The summed E-state index contributed by atoms with van der Waals surface area (Å²) in [6.07, 6.45) is 1.49. The first kappa shape index (κ1) is 14.0. The van der Waals surface area contributed by atoms with Gasteiger partial charge in [0.05, 0.1) is 5.56 Å². The van der Waals surface area contributed by atoms with E-state index in [0.29, 0.717) is 17.0 Å². The first-order chi connectivity index (χ1) is 10.7. The second-order valence-electron chi connectivity index (χ2n) is 4.81. The first-order valence-corrected chi connectivity index (χ1v) is 6.83. The maximum Gasteiger partial charge on any atom is 0.340 e. The molecule has 0 fully saturated rings. The average Bonchev–Trinajstić information content (AvgIpc) is 3.03. The first-order valence-electron chi connectivity index (χ1n) is 6.83. The van der Waals surface area contributed by atoms with Crippen LogP contribution in [0.2, 0.25) is 0 Å². The van der Waals surface area contributed by atoms with Crippen LogP contribution in [0.5, 0.6) is 0 Å². The van der Waals surface area contributed by atoms with Gasteiger partial charge in [-0.3, -0.25) is 4.98 Å². The zero-order valence-corrected chi connectivity index (χ0v) is 12.0. The normalized spacial score (nSPS) is 10.4. The van der Waals surface area contributed by atoms with Crippen LogP contribution in [0.1, 0.15) is 21.8 Å². The fourth-order valence-corrected chi connectivity index (χ4v) is 1.93. The number of hydrogen-bond acceptors (Lipinski definition) is 5. The Bertz CT molecular complexity index is 764. The molecule has 0 bridgehead atoms. The van der Waals surface area contributed by atoms with Gasteiger partial charge in [-0.15, -0.1) is 0 Å². The quantitative estimate of drug-likeness (QED) is 0.690. The smallest absolute Gasteiger partial charge is 0.340 e. The van der Waals surface area contributed by atoms with E-state index in [0.717, 1.165) is 11.3 Å². The van der Waals surface area contributed by atoms with E-state index in [2.05, 4.69) is 10.1 Å². The van der Waals surface area contributed by atoms with Crippen LogP contribution >= 0.6 is 0 Å². The summed E-state index contributed by atoms with van der Waals surface area (Å²) in [7, 11) is 0. The summed E-state index contributed by atoms with van der Waals surface area (Å²) in [6.45, 7) is 1.89. The van der Waals surface area contributed by atoms with Crippen molar-refractivity contribution in [2.24, 2.45) is 0 Å². The van der Waals surface area contributed by atoms with E-state index < -0.39 is 5.97 Å². The lowest BCUT2D eigenvalue weighted by atomic mass is 10.1. The van der Waals surface area contributed by atoms with Gasteiger partial charge in [0.15, 0.2) is 12.4 Å². The molecule has 1 aromatic carbocycles. The summed E-state index contributed by atoms with van der Waals surface area (Å²) >= 11 is 0. The van der Waals surface area contributed by atoms with Crippen molar-refractivity contribution in [3.8, 4) is 11.3 Å². The number of carbonyl (C=O) groups is 1. The van der Waals surface area contributed by atoms with Crippen molar-refractivity contribution >= 4 is 5.97 Å². The highest BCUT2D eigenvalue weighted by Gasteiger charge is 2.11. The van der Waals surface area contributed by atoms with Gasteiger partial charge in [0.25, 0.3) is 0 Å². The van der Waals surface area contributed by atoms with E-state index in [1.807, 2.05) is 37.3 Å². The maximum absolute atomic E-state index is 11.9. The van der Waals surface area contributed by atoms with Crippen molar-refractivity contribution < 1.29 is 14.1 Å². The number of aryl methyl sites for hydroxylation is 1. The van der Waals surface area contributed by atoms with E-state index >= 15 is 0 Å². The minimum absolute atomic E-state index is 0.0343. The van der Waals surface area contributed by atoms with Crippen molar-refractivity contribution in [3.63, 3.8) is 0 Å². The second-order valence-corrected chi connectivity index (χ2v) is 4.81. The van der Waals surface area contributed by atoms with Crippen LogP contribution < -0.4 is 0 Å². The van der Waals surface area contributed by atoms with E-state index in [-0.39, 0.29) is 6.61 Å². The van der Waals surface area contributed by atoms with Gasteiger partial charge < -0.3 is 9.26 Å². The lowest BCUT2D eigenvalue weighted by Crippen LogP contribution is -2.05. The average molecular weight is 294 g/mol. The zero-order valence-electron chi connectivity index (χ0n) is 12.0. The SMILES string of the molecule is Cc1ccc(C(=O)OCc2cc(-c3ccccc3)no2)cn1. The Morgan fingerprint density at radius 2 is 2.00 bits per heavy atom. The lowest BCUT2D eigenvalue weighted by molar-refractivity contribution is 0.0437. The van der Waals surface area contributed by atoms with Gasteiger partial charge in [0.2, 0.25) is 0 Å². The second kappa shape index (κ2) is 6.22. The molecule has 5 nitrogen and oxygen atoms in total. The monoisotopic (exact) mass is 294 g/mol. The number of nitrogens with zero attached hydrogens (tertiary/aromatic N) is 2. The number of esters is 1. The highest BCUT2D eigenvalue weighted by Crippen LogP contribution is 2.19. The minimum atomic E-state index is -0.440. The molecule has 22 heavy (non-hydrogen) atoms. The molecule has 0 spiro atoms. The van der Waals surface area contributed by atoms with E-state index in [9.17, 15) is 4.79 Å². The Hall–Kier alpha value is -2.95. The third-order valence-electron chi connectivity index (χ3n) is 3.12. The Morgan fingerprint density at radius 3 is 2.73 bits per heavy atom. The number of rotatable bonds is 4. The fourth-order valence-electron chi connectivity index (χ4n) is 1.93. The number of benzene rings is 1. The summed E-state index contributed by atoms with van der Waals surface area (Å²) in [5.74, 6) is 0.0532. The van der Waals surface area contributed by atoms with Crippen LogP contribution in [0.3, 0.4) is 0 Å². The summed E-state index contributed by atoms with van der Waals surface area (Å²) < 4.78 is 10.4. The highest BCUT2D eigenvalue weighted by atomic mass is 16.5. The molecule has 110 valence electrons. The van der Waals surface area contributed by atoms with Crippen molar-refractivity contribution in [3.05, 3.63) is 71.7 Å². The van der Waals surface area contributed by atoms with Crippen LogP contribution in [-0.2, 0) is 11.3 Å². The van der Waals surface area contributed by atoms with Crippen molar-refractivity contribution in [1.82, 2.24) is 10.1 Å². The molecule has 5 heteroatoms. The molecule has 0 aliphatic rings. The predicted octanol–water partition coefficient (Wildman–Crippen LogP) is 3.40. The van der Waals surface area contributed by atoms with Gasteiger partial charge in [0, 0.05) is 23.5 Å². The molecule has 0 unspecified atom stereocenters. The molecule has 3 rings (SSSR count). The largest absolute Gasteiger partial charge is 0.454 e. The maximum atomic E-state index is 11.9. The van der Waals surface area contributed by atoms with Gasteiger partial charge in [-0.05, 0) is 19.1 Å². The molecular weight excluding hydrogens is 280 g/mol. The Kier molecular flexibility index (Phi) is 3.96. The predicted molar refractivity (Wildman–Crippen MR) is 80.0 cm³/mol. The van der Waals surface area contributed by atoms with Gasteiger partial charge in [-0.1, -0.05) is 35.5 Å². The van der Waals surface area contributed by atoms with Gasteiger partial charge in [-0.25, -0.2) is 4.79 Å². The standard InChI is InChI=1S/C17H14N2O3/c1-12-7-8-14(10-18-12)17(20)21-11-15-9-16(19-22-15)13-5-3-2-4-6-13/h2-10H,11H2,1H3. The fraction of sp³-hybridized carbons (Fsp3) is 0.118. The molecule has 3 aromatic rings. The molecule has 0 amide bonds. The summed E-state index contributed by atoms with van der Waals surface area (Å²) in [5.41, 5.74) is 2.92. The van der Waals surface area contributed by atoms with Crippen LogP contribution in [0, 0.1) is 6.92 Å². The van der Waals surface area contributed by atoms with Crippen molar-refractivity contribution in [2.75, 3.05) is 0 Å². The van der Waals surface area contributed by atoms with E-state index in [4.69, 9.17) is 9.26 Å². The molecule has 0 saturated heterocycles. The van der Waals surface area contributed by atoms with Gasteiger partial charge in [-0.2, -0.15) is 0 Å². The van der Waals surface area contributed by atoms with Crippen LogP contribution in [0.15, 0.2) is 59.3 Å². The summed E-state index contributed by atoms with van der Waals surface area (Å²) in [6, 6.07) is 14.9. The Balaban J connectivity index is 1.64. The third kappa shape index (κ3) is 3.20. The molecule has 0 aliphatic heterocycles. The Morgan fingerprint density at radius 1 is 1.18 bits per heavy atom. The zero-order chi connectivity index (χ0) is 15.4. The topological polar surface area (TPSA) is 65.2 Å². The molecular formula is C17H14N2O3. The lowest BCUT2D eigenvalue weighted by Gasteiger charge is -2.02. The van der Waals surface area contributed by atoms with Crippen molar-refractivity contribution in [2.45, 2.75) is 13.5 Å². The summed E-state index contributed by atoms with van der Waals surface area (Å²) in [4.78, 5) is 15.9. The number of carbonyl (C=O) groups excluding carboxylic acids is 1. The Labute approximate surface area is 127 Å². The van der Waals surface area contributed by atoms with Gasteiger partial charge >= 0.3 is 5.97 Å². The van der Waals surface area contributed by atoms with Crippen LogP contribution in [0.4, 0.5) is 0 Å². The number of hydrogen-bond donors (Lipinski definition) is 0. The number of pyridine rings is 1. The van der Waals surface area contributed by atoms with E-state index in [1.54, 1.807) is 18.2 Å². The highest BCUT2D eigenvalue weighted by molar-refractivity contribution is 5.88. The molecule has 2 aromatic heterocycles. The van der Waals surface area contributed by atoms with Crippen LogP contribution in [-0.4, -0.2) is 16.1 Å².